The second-order valence-electron chi connectivity index (χ2n) is 12.4. The average molecular weight is 632 g/mol. The minimum atomic E-state index is 0.153. The lowest BCUT2D eigenvalue weighted by atomic mass is 9.91. The van der Waals surface area contributed by atoms with Gasteiger partial charge in [0.1, 0.15) is 23.0 Å². The number of para-hydroxylation sites is 4. The van der Waals surface area contributed by atoms with Gasteiger partial charge in [-0.1, -0.05) is 109 Å². The fourth-order valence-electron chi connectivity index (χ4n) is 7.52. The predicted molar refractivity (Wildman–Crippen MR) is 196 cm³/mol. The number of fused-ring (bicyclic) bond motifs is 6. The summed E-state index contributed by atoms with van der Waals surface area (Å²) < 4.78 is 4.29. The van der Waals surface area contributed by atoms with Gasteiger partial charge in [-0.25, -0.2) is 9.97 Å². The van der Waals surface area contributed by atoms with Crippen LogP contribution >= 0.6 is 0 Å². The zero-order valence-corrected chi connectivity index (χ0v) is 26.4. The number of allylic oxidation sites excluding steroid dienone is 2. The van der Waals surface area contributed by atoms with Crippen LogP contribution in [0.25, 0.3) is 56.3 Å². The van der Waals surface area contributed by atoms with Gasteiger partial charge in [-0.05, 0) is 60.2 Å². The van der Waals surface area contributed by atoms with E-state index in [1.807, 2.05) is 42.5 Å². The Labute approximate surface area is 282 Å². The van der Waals surface area contributed by atoms with E-state index in [9.17, 15) is 0 Å². The largest absolute Gasteiger partial charge is 0.318 e. The highest BCUT2D eigenvalue weighted by molar-refractivity contribution is 6.09. The molecule has 0 fully saturated rings. The van der Waals surface area contributed by atoms with E-state index in [1.165, 1.54) is 22.0 Å². The summed E-state index contributed by atoms with van der Waals surface area (Å²) in [6.07, 6.45) is 8.81. The summed E-state index contributed by atoms with van der Waals surface area (Å²) in [6.45, 7) is 0. The van der Waals surface area contributed by atoms with E-state index in [-0.39, 0.29) is 12.0 Å². The van der Waals surface area contributed by atoms with Gasteiger partial charge in [0.05, 0.1) is 17.1 Å². The summed E-state index contributed by atoms with van der Waals surface area (Å²) in [7, 11) is 0. The molecule has 2 aliphatic rings. The lowest BCUT2D eigenvalue weighted by Crippen LogP contribution is -2.29. The number of hydrogen-bond acceptors (Lipinski definition) is 5. The van der Waals surface area contributed by atoms with Crippen LogP contribution in [-0.4, -0.2) is 35.3 Å². The van der Waals surface area contributed by atoms with Gasteiger partial charge in [0.25, 0.3) is 0 Å². The van der Waals surface area contributed by atoms with E-state index >= 15 is 0 Å². The van der Waals surface area contributed by atoms with Gasteiger partial charge < -0.3 is 4.90 Å². The van der Waals surface area contributed by atoms with Crippen molar-refractivity contribution in [3.05, 3.63) is 169 Å². The molecule has 7 heteroatoms. The summed E-state index contributed by atoms with van der Waals surface area (Å²) in [5.41, 5.74) is 7.07. The van der Waals surface area contributed by atoms with Crippen LogP contribution in [0, 0.1) is 0 Å². The third kappa shape index (κ3) is 4.29. The van der Waals surface area contributed by atoms with Crippen LogP contribution < -0.4 is 4.90 Å². The summed E-state index contributed by atoms with van der Waals surface area (Å²) in [4.78, 5) is 12.8. The van der Waals surface area contributed by atoms with E-state index < -0.39 is 0 Å². The lowest BCUT2D eigenvalue weighted by Gasteiger charge is -2.27. The SMILES string of the molecule is C1=CC2c3ccccc3N(c3cccc(-c4nnc(-c5cccc(-n6c7ccccc7c7ccccc76)n5)n4-c4ccccc4)n3)C2C=C1. The van der Waals surface area contributed by atoms with Crippen molar-refractivity contribution in [2.45, 2.75) is 12.0 Å². The van der Waals surface area contributed by atoms with Crippen LogP contribution in [-0.2, 0) is 0 Å². The Balaban J connectivity index is 1.12. The number of benzene rings is 4. The molecular formula is C42H29N7. The molecule has 0 amide bonds. The number of anilines is 2. The number of aromatic nitrogens is 6. The summed E-state index contributed by atoms with van der Waals surface area (Å²) in [5.74, 6) is 3.25. The Hall–Kier alpha value is -6.60. The number of hydrogen-bond donors (Lipinski definition) is 0. The second kappa shape index (κ2) is 11.0. The molecule has 4 aromatic heterocycles. The van der Waals surface area contributed by atoms with Gasteiger partial charge in [-0.2, -0.15) is 0 Å². The van der Waals surface area contributed by atoms with Crippen molar-refractivity contribution in [3.8, 4) is 34.5 Å². The molecule has 1 aliphatic heterocycles. The number of nitrogens with zero attached hydrogens (tertiary/aromatic N) is 7. The lowest BCUT2D eigenvalue weighted by molar-refractivity contribution is 0.738. The van der Waals surface area contributed by atoms with Gasteiger partial charge in [-0.3, -0.25) is 9.13 Å². The Morgan fingerprint density at radius 3 is 1.80 bits per heavy atom. The molecular weight excluding hydrogens is 603 g/mol. The first-order valence-corrected chi connectivity index (χ1v) is 16.5. The van der Waals surface area contributed by atoms with Gasteiger partial charge in [0.2, 0.25) is 0 Å². The number of rotatable bonds is 5. The first-order chi connectivity index (χ1) is 24.3. The minimum absolute atomic E-state index is 0.153. The van der Waals surface area contributed by atoms with Crippen molar-refractivity contribution in [2.24, 2.45) is 0 Å². The van der Waals surface area contributed by atoms with E-state index in [4.69, 9.17) is 20.2 Å². The van der Waals surface area contributed by atoms with Crippen LogP contribution in [0.15, 0.2) is 164 Å². The standard InChI is InChI=1S/C42H29N7/c1-2-14-28(15-3-1)47-41(33-20-12-26-39(43-33)48-35-22-8-4-16-29(35)30-17-5-9-23-36(30)48)45-46-42(47)34-21-13-27-40(44-34)49-37-24-10-6-18-31(37)32-19-7-11-25-38(32)49/h1-27,29,35H. The molecule has 0 bridgehead atoms. The molecule has 0 N–H and O–H groups in total. The average Bonchev–Trinajstić information content (AvgIpc) is 3.86. The van der Waals surface area contributed by atoms with Crippen molar-refractivity contribution in [2.75, 3.05) is 4.90 Å². The van der Waals surface area contributed by atoms with Crippen molar-refractivity contribution < 1.29 is 0 Å². The van der Waals surface area contributed by atoms with Crippen LogP contribution in [0.4, 0.5) is 11.5 Å². The van der Waals surface area contributed by atoms with Gasteiger partial charge in [0, 0.05) is 28.1 Å². The second-order valence-corrected chi connectivity index (χ2v) is 12.4. The molecule has 2 atom stereocenters. The minimum Gasteiger partial charge on any atom is -0.318 e. The van der Waals surface area contributed by atoms with E-state index in [0.29, 0.717) is 17.3 Å². The quantitative estimate of drug-likeness (QED) is 0.190. The normalized spacial score (nSPS) is 16.4. The van der Waals surface area contributed by atoms with Crippen LogP contribution in [0.3, 0.4) is 0 Å². The predicted octanol–water partition coefficient (Wildman–Crippen LogP) is 9.22. The maximum Gasteiger partial charge on any atom is 0.187 e. The topological polar surface area (TPSA) is 64.7 Å². The van der Waals surface area contributed by atoms with Crippen LogP contribution in [0.1, 0.15) is 11.5 Å². The van der Waals surface area contributed by atoms with E-state index in [2.05, 4.69) is 135 Å². The maximum absolute atomic E-state index is 5.25. The van der Waals surface area contributed by atoms with Gasteiger partial charge >= 0.3 is 0 Å². The molecule has 0 saturated heterocycles. The third-order valence-electron chi connectivity index (χ3n) is 9.62. The molecule has 5 heterocycles. The van der Waals surface area contributed by atoms with Gasteiger partial charge in [0.15, 0.2) is 11.6 Å². The maximum atomic E-state index is 5.25. The van der Waals surface area contributed by atoms with E-state index in [1.54, 1.807) is 0 Å². The molecule has 2 unspecified atom stereocenters. The molecule has 0 radical (unpaired) electrons. The highest BCUT2D eigenvalue weighted by Crippen LogP contribution is 2.47. The van der Waals surface area contributed by atoms with Crippen molar-refractivity contribution >= 4 is 33.3 Å². The highest BCUT2D eigenvalue weighted by Gasteiger charge is 2.37. The van der Waals surface area contributed by atoms with Crippen molar-refractivity contribution in [1.29, 1.82) is 0 Å². The molecule has 49 heavy (non-hydrogen) atoms. The molecule has 4 aromatic carbocycles. The molecule has 232 valence electrons. The zero-order valence-electron chi connectivity index (χ0n) is 26.4. The Bertz CT molecular complexity index is 2540. The van der Waals surface area contributed by atoms with Crippen molar-refractivity contribution in [1.82, 2.24) is 29.3 Å². The molecule has 7 nitrogen and oxygen atoms in total. The third-order valence-corrected chi connectivity index (χ3v) is 9.62. The summed E-state index contributed by atoms with van der Waals surface area (Å²) in [6, 6.07) is 48.1. The highest BCUT2D eigenvalue weighted by atomic mass is 15.3. The Kier molecular flexibility index (Phi) is 6.17. The van der Waals surface area contributed by atoms with Crippen LogP contribution in [0.5, 0.6) is 0 Å². The monoisotopic (exact) mass is 631 g/mol. The summed E-state index contributed by atoms with van der Waals surface area (Å²) in [5, 5.41) is 12.0. The molecule has 1 aliphatic carbocycles. The van der Waals surface area contributed by atoms with Crippen LogP contribution in [0.2, 0.25) is 0 Å². The molecule has 8 aromatic rings. The van der Waals surface area contributed by atoms with Crippen molar-refractivity contribution in [3.63, 3.8) is 0 Å². The van der Waals surface area contributed by atoms with E-state index in [0.717, 1.165) is 34.1 Å². The Morgan fingerprint density at radius 2 is 1.06 bits per heavy atom. The summed E-state index contributed by atoms with van der Waals surface area (Å²) >= 11 is 0. The van der Waals surface area contributed by atoms with Gasteiger partial charge in [-0.15, -0.1) is 10.2 Å². The first kappa shape index (κ1) is 27.5. The number of pyridine rings is 2. The molecule has 0 saturated carbocycles. The smallest absolute Gasteiger partial charge is 0.187 e. The first-order valence-electron chi connectivity index (χ1n) is 16.5. The fourth-order valence-corrected chi connectivity index (χ4v) is 7.52. The molecule has 0 spiro atoms. The zero-order chi connectivity index (χ0) is 32.3. The Morgan fingerprint density at radius 1 is 0.469 bits per heavy atom. The fraction of sp³-hybridized carbons (Fsp3) is 0.0476. The molecule has 10 rings (SSSR count).